The lowest BCUT2D eigenvalue weighted by atomic mass is 10.2. The van der Waals surface area contributed by atoms with Crippen LogP contribution in [-0.2, 0) is 17.6 Å². The second-order valence-corrected chi connectivity index (χ2v) is 9.54. The molecule has 0 spiro atoms. The van der Waals surface area contributed by atoms with E-state index in [0.29, 0.717) is 30.0 Å². The summed E-state index contributed by atoms with van der Waals surface area (Å²) in [5.74, 6) is 2.31. The van der Waals surface area contributed by atoms with Crippen molar-refractivity contribution in [3.63, 3.8) is 0 Å². The van der Waals surface area contributed by atoms with Crippen molar-refractivity contribution in [2.24, 2.45) is 0 Å². The Labute approximate surface area is 188 Å². The minimum atomic E-state index is -0.622. The smallest absolute Gasteiger partial charge is 0.249 e. The maximum absolute atomic E-state index is 12.9. The normalized spacial score (nSPS) is 22.2. The Bertz CT molecular complexity index is 1140. The Kier molecular flexibility index (Phi) is 4.80. The van der Waals surface area contributed by atoms with Crippen LogP contribution in [0.15, 0.2) is 17.6 Å². The first-order chi connectivity index (χ1) is 15.6. The van der Waals surface area contributed by atoms with Gasteiger partial charge in [-0.05, 0) is 32.1 Å². The van der Waals surface area contributed by atoms with Gasteiger partial charge < -0.3 is 20.6 Å². The Morgan fingerprint density at radius 1 is 1.28 bits per heavy atom. The van der Waals surface area contributed by atoms with Gasteiger partial charge in [0.15, 0.2) is 10.9 Å². The number of amides is 1. The average Bonchev–Trinajstić information content (AvgIpc) is 3.21. The molecule has 2 fully saturated rings. The van der Waals surface area contributed by atoms with Crippen molar-refractivity contribution < 1.29 is 9.90 Å². The van der Waals surface area contributed by atoms with Crippen LogP contribution in [0.25, 0.3) is 0 Å². The Balaban J connectivity index is 1.29. The number of carbonyl (C=O) groups excluding carboxylic acids is 1. The van der Waals surface area contributed by atoms with Crippen LogP contribution >= 0.6 is 11.3 Å². The van der Waals surface area contributed by atoms with Gasteiger partial charge in [-0.15, -0.1) is 11.3 Å². The van der Waals surface area contributed by atoms with Gasteiger partial charge in [-0.1, -0.05) is 0 Å². The van der Waals surface area contributed by atoms with Crippen molar-refractivity contribution in [2.45, 2.75) is 56.6 Å². The third-order valence-electron chi connectivity index (χ3n) is 6.28. The quantitative estimate of drug-likeness (QED) is 0.448. The zero-order chi connectivity index (χ0) is 21.7. The number of hydrogen-bond donors (Lipinski definition) is 4. The van der Waals surface area contributed by atoms with E-state index in [0.717, 1.165) is 47.8 Å². The summed E-state index contributed by atoms with van der Waals surface area (Å²) in [6.07, 6.45) is 6.56. The van der Waals surface area contributed by atoms with Crippen LogP contribution in [0.5, 0.6) is 0 Å². The molecular formula is C21H24N8O2S. The molecule has 11 heteroatoms. The van der Waals surface area contributed by atoms with Crippen molar-refractivity contribution >= 4 is 40.0 Å². The van der Waals surface area contributed by atoms with E-state index >= 15 is 0 Å². The molecule has 3 aromatic rings. The number of H-pyrrole nitrogens is 1. The number of aliphatic hydroxyl groups is 1. The number of aliphatic hydroxyl groups excluding tert-OH is 1. The molecule has 3 aromatic heterocycles. The summed E-state index contributed by atoms with van der Waals surface area (Å²) in [6.45, 7) is 0.308. The van der Waals surface area contributed by atoms with E-state index in [9.17, 15) is 9.90 Å². The number of thiazole rings is 1. The molecule has 0 aromatic carbocycles. The second kappa shape index (κ2) is 7.82. The molecule has 10 nitrogen and oxygen atoms in total. The van der Waals surface area contributed by atoms with Crippen LogP contribution in [0.4, 0.5) is 22.7 Å². The Morgan fingerprint density at radius 2 is 2.19 bits per heavy atom. The zero-order valence-corrected chi connectivity index (χ0v) is 18.2. The van der Waals surface area contributed by atoms with E-state index < -0.39 is 12.1 Å². The number of aryl methyl sites for hydroxylation is 1. The van der Waals surface area contributed by atoms with E-state index in [1.807, 2.05) is 11.4 Å². The lowest BCUT2D eigenvalue weighted by molar-refractivity contribution is -0.117. The topological polar surface area (TPSA) is 132 Å². The van der Waals surface area contributed by atoms with E-state index in [1.54, 1.807) is 11.1 Å². The summed E-state index contributed by atoms with van der Waals surface area (Å²) in [5, 5.41) is 26.4. The summed E-state index contributed by atoms with van der Waals surface area (Å²) < 4.78 is 0. The van der Waals surface area contributed by atoms with Crippen LogP contribution < -0.4 is 15.5 Å². The molecule has 1 amide bonds. The van der Waals surface area contributed by atoms with E-state index in [2.05, 4.69) is 25.8 Å². The van der Waals surface area contributed by atoms with Gasteiger partial charge in [0.25, 0.3) is 0 Å². The second-order valence-electron chi connectivity index (χ2n) is 8.64. The molecule has 32 heavy (non-hydrogen) atoms. The molecule has 6 rings (SSSR count). The molecule has 4 N–H and O–H groups in total. The number of hydrogen-bond acceptors (Lipinski definition) is 9. The molecular weight excluding hydrogens is 428 g/mol. The van der Waals surface area contributed by atoms with Gasteiger partial charge in [0.1, 0.15) is 11.9 Å². The number of anilines is 4. The first-order valence-corrected chi connectivity index (χ1v) is 11.9. The fourth-order valence-electron chi connectivity index (χ4n) is 4.53. The number of aromatic nitrogens is 5. The maximum Gasteiger partial charge on any atom is 0.249 e. The van der Waals surface area contributed by atoms with Crippen LogP contribution in [0, 0.1) is 0 Å². The van der Waals surface area contributed by atoms with Crippen molar-refractivity contribution in [2.75, 3.05) is 22.1 Å². The monoisotopic (exact) mass is 452 g/mol. The molecule has 2 aliphatic carbocycles. The highest BCUT2D eigenvalue weighted by Gasteiger charge is 2.39. The van der Waals surface area contributed by atoms with Gasteiger partial charge in [0, 0.05) is 47.8 Å². The van der Waals surface area contributed by atoms with Crippen LogP contribution in [0.2, 0.25) is 0 Å². The number of nitrogens with one attached hydrogen (secondary N) is 3. The van der Waals surface area contributed by atoms with Gasteiger partial charge in [-0.2, -0.15) is 10.1 Å². The van der Waals surface area contributed by atoms with Gasteiger partial charge in [0.05, 0.1) is 11.8 Å². The number of carbonyl (C=O) groups is 1. The number of β-amino-alcohol motifs (C(OH)–C–C–N with tert-alkyl or cyclic N) is 1. The molecule has 1 saturated carbocycles. The van der Waals surface area contributed by atoms with Gasteiger partial charge in [-0.25, -0.2) is 9.97 Å². The zero-order valence-electron chi connectivity index (χ0n) is 17.4. The highest BCUT2D eigenvalue weighted by Crippen LogP contribution is 2.40. The predicted molar refractivity (Wildman–Crippen MR) is 120 cm³/mol. The summed E-state index contributed by atoms with van der Waals surface area (Å²) in [5.41, 5.74) is 3.25. The molecule has 0 bridgehead atoms. The first kappa shape index (κ1) is 19.6. The molecule has 3 aliphatic rings. The van der Waals surface area contributed by atoms with E-state index in [4.69, 9.17) is 9.97 Å². The molecule has 2 atom stereocenters. The number of nitrogens with zero attached hydrogens (tertiary/aromatic N) is 5. The average molecular weight is 453 g/mol. The van der Waals surface area contributed by atoms with E-state index in [1.165, 1.54) is 24.2 Å². The lowest BCUT2D eigenvalue weighted by Crippen LogP contribution is -2.40. The minimum Gasteiger partial charge on any atom is -0.391 e. The Hall–Kier alpha value is -3.05. The molecule has 0 radical (unpaired) electrons. The summed E-state index contributed by atoms with van der Waals surface area (Å²) in [6, 6.07) is 1.48. The maximum atomic E-state index is 12.9. The molecule has 1 aliphatic heterocycles. The standard InChI is InChI=1S/C21H24N8O2S/c30-12-8-16(19(31)26-21-22-6-7-32-21)29(10-12)20-23-14-3-1-2-13(14)18(25-20)24-17-9-15(27-28-17)11-4-5-11/h6-7,9,11-12,16,30H,1-5,8,10H2,(H,22,26,31)(H2,23,24,25,27,28)/t12-,16-/m0/s1. The summed E-state index contributed by atoms with van der Waals surface area (Å²) >= 11 is 1.36. The van der Waals surface area contributed by atoms with Gasteiger partial charge in [0.2, 0.25) is 11.9 Å². The van der Waals surface area contributed by atoms with Crippen LogP contribution in [0.1, 0.15) is 48.6 Å². The highest BCUT2D eigenvalue weighted by atomic mass is 32.1. The number of aromatic amines is 1. The van der Waals surface area contributed by atoms with Crippen molar-refractivity contribution in [1.82, 2.24) is 25.1 Å². The molecule has 166 valence electrons. The van der Waals surface area contributed by atoms with Crippen molar-refractivity contribution in [3.8, 4) is 0 Å². The minimum absolute atomic E-state index is 0.212. The van der Waals surface area contributed by atoms with Gasteiger partial charge in [-0.3, -0.25) is 9.89 Å². The summed E-state index contributed by atoms with van der Waals surface area (Å²) in [7, 11) is 0. The van der Waals surface area contributed by atoms with E-state index in [-0.39, 0.29) is 5.91 Å². The lowest BCUT2D eigenvalue weighted by Gasteiger charge is -2.24. The molecule has 1 saturated heterocycles. The van der Waals surface area contributed by atoms with Gasteiger partial charge >= 0.3 is 0 Å². The number of fused-ring (bicyclic) bond motifs is 1. The SMILES string of the molecule is O=C(Nc1nccs1)[C@@H]1C[C@H](O)CN1c1nc2c(c(Nc3cc(C4CC4)[nH]n3)n1)CCC2. The highest BCUT2D eigenvalue weighted by molar-refractivity contribution is 7.13. The fraction of sp³-hybridized carbons (Fsp3) is 0.476. The van der Waals surface area contributed by atoms with Crippen molar-refractivity contribution in [1.29, 1.82) is 0 Å². The third-order valence-corrected chi connectivity index (χ3v) is 6.97. The Morgan fingerprint density at radius 3 is 3.00 bits per heavy atom. The first-order valence-electron chi connectivity index (χ1n) is 11.0. The van der Waals surface area contributed by atoms with Crippen molar-refractivity contribution in [3.05, 3.63) is 34.6 Å². The van der Waals surface area contributed by atoms with Crippen LogP contribution in [0.3, 0.4) is 0 Å². The molecule has 4 heterocycles. The fourth-order valence-corrected chi connectivity index (χ4v) is 5.07. The largest absolute Gasteiger partial charge is 0.391 e. The molecule has 0 unspecified atom stereocenters. The van der Waals surface area contributed by atoms with Crippen LogP contribution in [-0.4, -0.2) is 54.9 Å². The number of rotatable bonds is 6. The summed E-state index contributed by atoms with van der Waals surface area (Å²) in [4.78, 5) is 28.5. The third kappa shape index (κ3) is 3.71. The predicted octanol–water partition coefficient (Wildman–Crippen LogP) is 2.34.